The number of benzene rings is 2. The van der Waals surface area contributed by atoms with Crippen molar-refractivity contribution in [3.05, 3.63) is 95.4 Å². The zero-order chi connectivity index (χ0) is 24.8. The van der Waals surface area contributed by atoms with Crippen molar-refractivity contribution >= 4 is 21.7 Å². The number of hydrogen-bond acceptors (Lipinski definition) is 6. The number of halogens is 1. The molecule has 8 nitrogen and oxygen atoms in total. The maximum atomic E-state index is 13.2. The number of hydrogen-bond donors (Lipinski definition) is 2. The Morgan fingerprint density at radius 2 is 1.71 bits per heavy atom. The topological polar surface area (TPSA) is 114 Å². The van der Waals surface area contributed by atoms with Gasteiger partial charge in [-0.15, -0.1) is 0 Å². The second-order valence-electron chi connectivity index (χ2n) is 8.23. The molecule has 1 aromatic heterocycles. The highest BCUT2D eigenvalue weighted by atomic mass is 32.2. The van der Waals surface area contributed by atoms with E-state index < -0.39 is 27.8 Å². The van der Waals surface area contributed by atoms with Gasteiger partial charge in [0.15, 0.2) is 10.8 Å². The van der Waals surface area contributed by atoms with E-state index in [4.69, 9.17) is 4.74 Å². The van der Waals surface area contributed by atoms with Gasteiger partial charge in [0.25, 0.3) is 15.9 Å². The standard InChI is InChI=1S/C25H24FN3O5S/c26-20-9-7-19(8-10-20)25(31)28-22(12-17-4-2-1-3-5-17)23(30)13-18-6-11-24(27-14-18)35(32,33)29-21-15-34-16-21/h1-11,14,21-22,29H,12-13,15-16H2,(H,28,31)/t22-/m0/s1. The molecule has 182 valence electrons. The van der Waals surface area contributed by atoms with Crippen LogP contribution >= 0.6 is 0 Å². The van der Waals surface area contributed by atoms with E-state index in [-0.39, 0.29) is 35.3 Å². The monoisotopic (exact) mass is 497 g/mol. The summed E-state index contributed by atoms with van der Waals surface area (Å²) in [5.41, 5.74) is 1.60. The molecule has 0 radical (unpaired) electrons. The number of pyridine rings is 1. The van der Waals surface area contributed by atoms with Gasteiger partial charge in [0.1, 0.15) is 5.82 Å². The van der Waals surface area contributed by atoms with Crippen molar-refractivity contribution < 1.29 is 27.1 Å². The largest absolute Gasteiger partial charge is 0.378 e. The number of sulfonamides is 1. The third-order valence-electron chi connectivity index (χ3n) is 5.49. The van der Waals surface area contributed by atoms with Crippen molar-refractivity contribution in [1.29, 1.82) is 0 Å². The van der Waals surface area contributed by atoms with E-state index in [0.29, 0.717) is 18.8 Å². The second kappa shape index (κ2) is 10.9. The van der Waals surface area contributed by atoms with Gasteiger partial charge >= 0.3 is 0 Å². The number of rotatable bonds is 10. The lowest BCUT2D eigenvalue weighted by molar-refractivity contribution is -0.120. The predicted molar refractivity (Wildman–Crippen MR) is 126 cm³/mol. The molecule has 0 unspecified atom stereocenters. The number of amides is 1. The zero-order valence-corrected chi connectivity index (χ0v) is 19.5. The normalized spacial score (nSPS) is 14.7. The first-order valence-electron chi connectivity index (χ1n) is 11.0. The molecule has 1 saturated heterocycles. The van der Waals surface area contributed by atoms with Crippen molar-refractivity contribution in [3.8, 4) is 0 Å². The molecule has 4 rings (SSSR count). The van der Waals surface area contributed by atoms with E-state index in [1.165, 1.54) is 42.6 Å². The van der Waals surface area contributed by atoms with Crippen molar-refractivity contribution in [3.63, 3.8) is 0 Å². The van der Waals surface area contributed by atoms with Crippen molar-refractivity contribution in [2.45, 2.75) is 30.0 Å². The van der Waals surface area contributed by atoms with E-state index in [1.807, 2.05) is 30.3 Å². The van der Waals surface area contributed by atoms with Crippen LogP contribution in [0.4, 0.5) is 4.39 Å². The van der Waals surface area contributed by atoms with Crippen molar-refractivity contribution in [1.82, 2.24) is 15.0 Å². The lowest BCUT2D eigenvalue weighted by Crippen LogP contribution is -2.48. The van der Waals surface area contributed by atoms with E-state index in [9.17, 15) is 22.4 Å². The van der Waals surface area contributed by atoms with Gasteiger partial charge in [-0.25, -0.2) is 22.5 Å². The number of aromatic nitrogens is 1. The molecule has 3 aromatic rings. The molecule has 2 N–H and O–H groups in total. The number of Topliss-reactive ketones (excluding diaryl/α,β-unsaturated/α-hetero) is 1. The fourth-order valence-electron chi connectivity index (χ4n) is 3.52. The van der Waals surface area contributed by atoms with Crippen LogP contribution in [0.5, 0.6) is 0 Å². The Balaban J connectivity index is 1.47. The van der Waals surface area contributed by atoms with Gasteiger partial charge in [-0.2, -0.15) is 0 Å². The molecule has 1 aliphatic rings. The minimum atomic E-state index is -3.78. The van der Waals surface area contributed by atoms with Crippen molar-refractivity contribution in [2.24, 2.45) is 0 Å². The van der Waals surface area contributed by atoms with Crippen LogP contribution in [0, 0.1) is 5.82 Å². The summed E-state index contributed by atoms with van der Waals surface area (Å²) >= 11 is 0. The first-order chi connectivity index (χ1) is 16.8. The summed E-state index contributed by atoms with van der Waals surface area (Å²) in [5, 5.41) is 2.60. The predicted octanol–water partition coefficient (Wildman–Crippen LogP) is 2.05. The molecule has 35 heavy (non-hydrogen) atoms. The lowest BCUT2D eigenvalue weighted by atomic mass is 9.98. The maximum absolute atomic E-state index is 13.2. The number of ketones is 1. The van der Waals surface area contributed by atoms with Gasteiger partial charge < -0.3 is 10.1 Å². The third-order valence-corrected chi connectivity index (χ3v) is 6.93. The minimum absolute atomic E-state index is 0.0571. The number of nitrogens with one attached hydrogen (secondary N) is 2. The molecule has 10 heteroatoms. The summed E-state index contributed by atoms with van der Waals surface area (Å²) in [6.45, 7) is 0.635. The second-order valence-corrected chi connectivity index (χ2v) is 9.89. The Bertz CT molecular complexity index is 1280. The van der Waals surface area contributed by atoms with Gasteiger partial charge in [-0.1, -0.05) is 36.4 Å². The summed E-state index contributed by atoms with van der Waals surface area (Å²) in [6.07, 6.45) is 1.55. The summed E-state index contributed by atoms with van der Waals surface area (Å²) < 4.78 is 45.5. The molecule has 0 spiro atoms. The first-order valence-corrected chi connectivity index (χ1v) is 12.5. The van der Waals surface area contributed by atoms with Crippen LogP contribution in [-0.2, 0) is 32.4 Å². The number of nitrogens with zero attached hydrogens (tertiary/aromatic N) is 1. The Morgan fingerprint density at radius 1 is 1.00 bits per heavy atom. The smallest absolute Gasteiger partial charge is 0.258 e. The Hall–Kier alpha value is -3.47. The van der Waals surface area contributed by atoms with Crippen LogP contribution in [0.15, 0.2) is 78.0 Å². The fraction of sp³-hybridized carbons (Fsp3) is 0.240. The fourth-order valence-corrected chi connectivity index (χ4v) is 4.65. The van der Waals surface area contributed by atoms with Crippen LogP contribution in [0.3, 0.4) is 0 Å². The van der Waals surface area contributed by atoms with Gasteiger partial charge in [0.05, 0.1) is 25.3 Å². The number of ether oxygens (including phenoxy) is 1. The Kier molecular flexibility index (Phi) is 7.64. The van der Waals surface area contributed by atoms with Crippen LogP contribution in [-0.4, -0.2) is 50.4 Å². The molecule has 0 aliphatic carbocycles. The highest BCUT2D eigenvalue weighted by Gasteiger charge is 2.27. The van der Waals surface area contributed by atoms with Gasteiger partial charge in [0, 0.05) is 18.2 Å². The molecular formula is C25H24FN3O5S. The van der Waals surface area contributed by atoms with E-state index in [2.05, 4.69) is 15.0 Å². The summed E-state index contributed by atoms with van der Waals surface area (Å²) in [6, 6.07) is 16.0. The quantitative estimate of drug-likeness (QED) is 0.443. The average Bonchev–Trinajstić information content (AvgIpc) is 2.82. The van der Waals surface area contributed by atoms with Gasteiger partial charge in [-0.3, -0.25) is 9.59 Å². The zero-order valence-electron chi connectivity index (χ0n) is 18.7. The molecule has 1 amide bonds. The number of carbonyl (C=O) groups excluding carboxylic acids is 2. The van der Waals surface area contributed by atoms with Crippen molar-refractivity contribution in [2.75, 3.05) is 13.2 Å². The molecule has 2 heterocycles. The summed E-state index contributed by atoms with van der Waals surface area (Å²) in [5.74, 6) is -1.23. The van der Waals surface area contributed by atoms with Crippen LogP contribution in [0.2, 0.25) is 0 Å². The molecular weight excluding hydrogens is 473 g/mol. The number of carbonyl (C=O) groups is 2. The van der Waals surface area contributed by atoms with Crippen LogP contribution in [0.1, 0.15) is 21.5 Å². The molecule has 1 fully saturated rings. The Morgan fingerprint density at radius 3 is 2.31 bits per heavy atom. The molecule has 0 saturated carbocycles. The molecule has 0 bridgehead atoms. The highest BCUT2D eigenvalue weighted by Crippen LogP contribution is 2.13. The lowest BCUT2D eigenvalue weighted by Gasteiger charge is -2.26. The van der Waals surface area contributed by atoms with Gasteiger partial charge in [0.2, 0.25) is 0 Å². The SMILES string of the molecule is O=C(N[C@@H](Cc1ccccc1)C(=O)Cc1ccc(S(=O)(=O)NC2COC2)nc1)c1ccc(F)cc1. The third kappa shape index (κ3) is 6.56. The summed E-state index contributed by atoms with van der Waals surface area (Å²) in [7, 11) is -3.78. The minimum Gasteiger partial charge on any atom is -0.378 e. The summed E-state index contributed by atoms with van der Waals surface area (Å²) in [4.78, 5) is 29.9. The molecule has 2 aromatic carbocycles. The van der Waals surface area contributed by atoms with Crippen LogP contribution < -0.4 is 10.0 Å². The van der Waals surface area contributed by atoms with Gasteiger partial charge in [-0.05, 0) is 47.9 Å². The molecule has 1 atom stereocenters. The maximum Gasteiger partial charge on any atom is 0.258 e. The molecule has 1 aliphatic heterocycles. The van der Waals surface area contributed by atoms with E-state index in [0.717, 1.165) is 5.56 Å². The average molecular weight is 498 g/mol. The first kappa shape index (κ1) is 24.6. The van der Waals surface area contributed by atoms with E-state index in [1.54, 1.807) is 0 Å². The van der Waals surface area contributed by atoms with E-state index >= 15 is 0 Å². The Labute approximate surface area is 202 Å². The van der Waals surface area contributed by atoms with Crippen LogP contribution in [0.25, 0.3) is 0 Å². The highest BCUT2D eigenvalue weighted by molar-refractivity contribution is 7.89.